The summed E-state index contributed by atoms with van der Waals surface area (Å²) in [5.74, 6) is -0.111. The van der Waals surface area contributed by atoms with E-state index in [1.54, 1.807) is 15.8 Å². The van der Waals surface area contributed by atoms with Gasteiger partial charge < -0.3 is 14.4 Å². The fourth-order valence-electron chi connectivity index (χ4n) is 3.25. The number of hydrogen-bond acceptors (Lipinski definition) is 5. The standard InChI is InChI=1S/C18H19N3O4/c1-19-15-12-24-10-9-20(15)18(23)16-17(14(22)7-8-21(16)19)25-11-13-5-3-2-4-6-13/h2-8,15H,9-12H2,1H3. The second-order valence-electron chi connectivity index (χ2n) is 6.10. The van der Waals surface area contributed by atoms with Crippen molar-refractivity contribution >= 4 is 5.91 Å². The first-order chi connectivity index (χ1) is 12.2. The van der Waals surface area contributed by atoms with Gasteiger partial charge in [0.15, 0.2) is 11.4 Å². The smallest absolute Gasteiger partial charge is 0.278 e. The quantitative estimate of drug-likeness (QED) is 0.827. The van der Waals surface area contributed by atoms with Crippen LogP contribution in [0.2, 0.25) is 0 Å². The van der Waals surface area contributed by atoms with Crippen LogP contribution in [0.1, 0.15) is 16.1 Å². The monoisotopic (exact) mass is 341 g/mol. The molecule has 1 aromatic carbocycles. The molecular weight excluding hydrogens is 322 g/mol. The Bertz CT molecular complexity index is 849. The molecule has 4 rings (SSSR count). The minimum absolute atomic E-state index is 0.0909. The largest absolute Gasteiger partial charge is 0.482 e. The van der Waals surface area contributed by atoms with Crippen LogP contribution in [-0.2, 0) is 11.3 Å². The molecule has 7 nitrogen and oxygen atoms in total. The van der Waals surface area contributed by atoms with Crippen molar-refractivity contribution in [3.8, 4) is 5.75 Å². The predicted octanol–water partition coefficient (Wildman–Crippen LogP) is 0.807. The lowest BCUT2D eigenvalue weighted by Crippen LogP contribution is -2.64. The Morgan fingerprint density at radius 1 is 1.20 bits per heavy atom. The SMILES string of the molecule is CN1C2COCCN2C(=O)c2c(OCc3ccccc3)c(=O)ccn21. The molecule has 2 aliphatic heterocycles. The number of morpholine rings is 1. The molecule has 25 heavy (non-hydrogen) atoms. The number of fused-ring (bicyclic) bond motifs is 2. The summed E-state index contributed by atoms with van der Waals surface area (Å²) in [4.78, 5) is 27.1. The molecule has 1 saturated heterocycles. The first-order valence-corrected chi connectivity index (χ1v) is 8.21. The number of aromatic nitrogens is 1. The van der Waals surface area contributed by atoms with E-state index in [9.17, 15) is 9.59 Å². The molecule has 1 unspecified atom stereocenters. The second-order valence-corrected chi connectivity index (χ2v) is 6.10. The van der Waals surface area contributed by atoms with Crippen molar-refractivity contribution in [1.29, 1.82) is 0 Å². The van der Waals surface area contributed by atoms with Gasteiger partial charge in [0.1, 0.15) is 12.8 Å². The Balaban J connectivity index is 1.73. The van der Waals surface area contributed by atoms with Crippen LogP contribution in [-0.4, -0.2) is 48.5 Å². The van der Waals surface area contributed by atoms with Gasteiger partial charge in [0, 0.05) is 25.9 Å². The van der Waals surface area contributed by atoms with Crippen molar-refractivity contribution in [1.82, 2.24) is 9.58 Å². The number of carbonyl (C=O) groups is 1. The highest BCUT2D eigenvalue weighted by atomic mass is 16.5. The number of benzene rings is 1. The molecule has 0 spiro atoms. The third-order valence-corrected chi connectivity index (χ3v) is 4.60. The van der Waals surface area contributed by atoms with Gasteiger partial charge in [0.05, 0.1) is 13.2 Å². The normalized spacial score (nSPS) is 19.4. The van der Waals surface area contributed by atoms with Crippen molar-refractivity contribution in [3.05, 3.63) is 64.1 Å². The Morgan fingerprint density at radius 2 is 2.00 bits per heavy atom. The molecular formula is C18H19N3O4. The van der Waals surface area contributed by atoms with Gasteiger partial charge in [-0.3, -0.25) is 19.3 Å². The number of carbonyl (C=O) groups excluding carboxylic acids is 1. The zero-order valence-corrected chi connectivity index (χ0v) is 13.9. The molecule has 0 N–H and O–H groups in total. The van der Waals surface area contributed by atoms with Gasteiger partial charge in [-0.05, 0) is 5.56 Å². The topological polar surface area (TPSA) is 64.0 Å². The second kappa shape index (κ2) is 6.25. The van der Waals surface area contributed by atoms with Crippen LogP contribution >= 0.6 is 0 Å². The third-order valence-electron chi connectivity index (χ3n) is 4.60. The molecule has 0 bridgehead atoms. The summed E-state index contributed by atoms with van der Waals surface area (Å²) in [6.07, 6.45) is 1.43. The molecule has 2 aromatic rings. The fraction of sp³-hybridized carbons (Fsp3) is 0.333. The van der Waals surface area contributed by atoms with E-state index in [1.165, 1.54) is 6.07 Å². The van der Waals surface area contributed by atoms with Gasteiger partial charge in [-0.1, -0.05) is 30.3 Å². The van der Waals surface area contributed by atoms with E-state index >= 15 is 0 Å². The first-order valence-electron chi connectivity index (χ1n) is 8.21. The Kier molecular flexibility index (Phi) is 3.93. The van der Waals surface area contributed by atoms with E-state index in [4.69, 9.17) is 9.47 Å². The lowest BCUT2D eigenvalue weighted by atomic mass is 10.2. The minimum Gasteiger partial charge on any atom is -0.482 e. The summed E-state index contributed by atoms with van der Waals surface area (Å²) in [5, 5.41) is 1.89. The molecule has 1 atom stereocenters. The molecule has 0 aliphatic carbocycles. The highest BCUT2D eigenvalue weighted by Crippen LogP contribution is 2.25. The number of likely N-dealkylation sites (N-methyl/N-ethyl adjacent to an activating group) is 1. The number of nitrogens with zero attached hydrogens (tertiary/aromatic N) is 3. The van der Waals surface area contributed by atoms with E-state index in [0.29, 0.717) is 19.8 Å². The minimum atomic E-state index is -0.296. The predicted molar refractivity (Wildman–Crippen MR) is 91.3 cm³/mol. The summed E-state index contributed by atoms with van der Waals surface area (Å²) in [7, 11) is 1.87. The van der Waals surface area contributed by atoms with Crippen molar-refractivity contribution < 1.29 is 14.3 Å². The van der Waals surface area contributed by atoms with E-state index in [1.807, 2.05) is 42.4 Å². The maximum atomic E-state index is 13.0. The molecule has 1 amide bonds. The molecule has 2 aliphatic rings. The average Bonchev–Trinajstić information content (AvgIpc) is 2.66. The van der Waals surface area contributed by atoms with Gasteiger partial charge in [0.2, 0.25) is 5.43 Å². The van der Waals surface area contributed by atoms with Crippen LogP contribution in [0, 0.1) is 0 Å². The molecule has 0 radical (unpaired) electrons. The first kappa shape index (κ1) is 15.7. The van der Waals surface area contributed by atoms with Crippen LogP contribution in [0.25, 0.3) is 0 Å². The zero-order valence-electron chi connectivity index (χ0n) is 13.9. The van der Waals surface area contributed by atoms with E-state index in [2.05, 4.69) is 0 Å². The Morgan fingerprint density at radius 3 is 2.80 bits per heavy atom. The van der Waals surface area contributed by atoms with Crippen molar-refractivity contribution in [2.24, 2.45) is 0 Å². The number of rotatable bonds is 3. The van der Waals surface area contributed by atoms with Crippen LogP contribution in [0.3, 0.4) is 0 Å². The van der Waals surface area contributed by atoms with Crippen molar-refractivity contribution in [2.45, 2.75) is 12.8 Å². The summed E-state index contributed by atoms with van der Waals surface area (Å²) in [6.45, 7) is 1.66. The highest BCUT2D eigenvalue weighted by Gasteiger charge is 2.40. The summed E-state index contributed by atoms with van der Waals surface area (Å²) in [5.41, 5.74) is 0.907. The average molecular weight is 341 g/mol. The molecule has 3 heterocycles. The van der Waals surface area contributed by atoms with E-state index < -0.39 is 0 Å². The molecule has 130 valence electrons. The summed E-state index contributed by atoms with van der Waals surface area (Å²) < 4.78 is 13.0. The fourth-order valence-corrected chi connectivity index (χ4v) is 3.25. The molecule has 7 heteroatoms. The number of pyridine rings is 1. The Hall–Kier alpha value is -2.80. The Labute approximate surface area is 145 Å². The van der Waals surface area contributed by atoms with E-state index in [-0.39, 0.29) is 35.6 Å². The van der Waals surface area contributed by atoms with Gasteiger partial charge in [-0.25, -0.2) is 0 Å². The van der Waals surface area contributed by atoms with Crippen LogP contribution in [0.4, 0.5) is 0 Å². The molecule has 0 saturated carbocycles. The van der Waals surface area contributed by atoms with Crippen LogP contribution in [0.15, 0.2) is 47.4 Å². The summed E-state index contributed by atoms with van der Waals surface area (Å²) in [6, 6.07) is 11.0. The maximum Gasteiger partial charge on any atom is 0.278 e. The van der Waals surface area contributed by atoms with Gasteiger partial charge in [-0.2, -0.15) is 0 Å². The third kappa shape index (κ3) is 2.66. The van der Waals surface area contributed by atoms with Crippen LogP contribution in [0.5, 0.6) is 5.75 Å². The van der Waals surface area contributed by atoms with Crippen LogP contribution < -0.4 is 15.2 Å². The number of hydrogen-bond donors (Lipinski definition) is 0. The molecule has 1 fully saturated rings. The van der Waals surface area contributed by atoms with Crippen molar-refractivity contribution in [3.63, 3.8) is 0 Å². The van der Waals surface area contributed by atoms with Gasteiger partial charge in [-0.15, -0.1) is 0 Å². The zero-order chi connectivity index (χ0) is 17.4. The van der Waals surface area contributed by atoms with E-state index in [0.717, 1.165) is 5.56 Å². The maximum absolute atomic E-state index is 13.0. The number of amides is 1. The van der Waals surface area contributed by atoms with Gasteiger partial charge in [0.25, 0.3) is 5.91 Å². The number of ether oxygens (including phenoxy) is 2. The lowest BCUT2D eigenvalue weighted by Gasteiger charge is -2.46. The highest BCUT2D eigenvalue weighted by molar-refractivity contribution is 5.96. The van der Waals surface area contributed by atoms with Crippen molar-refractivity contribution in [2.75, 3.05) is 31.8 Å². The van der Waals surface area contributed by atoms with Gasteiger partial charge >= 0.3 is 0 Å². The summed E-state index contributed by atoms with van der Waals surface area (Å²) >= 11 is 0. The lowest BCUT2D eigenvalue weighted by molar-refractivity contribution is -0.0150. The molecule has 1 aromatic heterocycles.